The lowest BCUT2D eigenvalue weighted by Gasteiger charge is -2.32. The van der Waals surface area contributed by atoms with Crippen molar-refractivity contribution in [2.45, 2.75) is 45.0 Å². The Morgan fingerprint density at radius 2 is 1.62 bits per heavy atom. The molecule has 0 aliphatic carbocycles. The highest BCUT2D eigenvalue weighted by atomic mass is 16.5. The van der Waals surface area contributed by atoms with Crippen LogP contribution < -0.4 is 10.1 Å². The number of nitrogens with one attached hydrogen (secondary N) is 1. The SMILES string of the molecule is c1ccc(COc2ncnc3c2ncn3CCCNC2CCN(Cc3ccccc3)CC2)cc1. The average Bonchev–Trinajstić information content (AvgIpc) is 3.31. The van der Waals surface area contributed by atoms with E-state index in [9.17, 15) is 0 Å². The number of hydrogen-bond donors (Lipinski definition) is 1. The van der Waals surface area contributed by atoms with Crippen LogP contribution in [0.5, 0.6) is 5.88 Å². The van der Waals surface area contributed by atoms with Crippen molar-refractivity contribution in [3.63, 3.8) is 0 Å². The van der Waals surface area contributed by atoms with E-state index in [2.05, 4.69) is 60.1 Å². The third-order valence-corrected chi connectivity index (χ3v) is 6.43. The number of likely N-dealkylation sites (tertiary alicyclic amines) is 1. The molecule has 0 bridgehead atoms. The van der Waals surface area contributed by atoms with Gasteiger partial charge in [-0.1, -0.05) is 60.7 Å². The number of rotatable bonds is 10. The van der Waals surface area contributed by atoms with Crippen LogP contribution in [0, 0.1) is 0 Å². The molecule has 1 aliphatic heterocycles. The first-order chi connectivity index (χ1) is 16.8. The van der Waals surface area contributed by atoms with E-state index in [1.54, 1.807) is 6.33 Å². The maximum atomic E-state index is 5.93. The Morgan fingerprint density at radius 1 is 0.882 bits per heavy atom. The lowest BCUT2D eigenvalue weighted by molar-refractivity contribution is 0.190. The van der Waals surface area contributed by atoms with Crippen LogP contribution in [0.2, 0.25) is 0 Å². The van der Waals surface area contributed by atoms with Crippen LogP contribution in [0.25, 0.3) is 11.2 Å². The summed E-state index contributed by atoms with van der Waals surface area (Å²) in [5.41, 5.74) is 4.05. The molecule has 0 radical (unpaired) electrons. The Kier molecular flexibility index (Phi) is 7.43. The predicted octanol–water partition coefficient (Wildman–Crippen LogP) is 4.05. The van der Waals surface area contributed by atoms with E-state index < -0.39 is 0 Å². The van der Waals surface area contributed by atoms with Gasteiger partial charge in [-0.3, -0.25) is 4.90 Å². The quantitative estimate of drug-likeness (QED) is 0.363. The zero-order chi connectivity index (χ0) is 23.0. The maximum Gasteiger partial charge on any atom is 0.245 e. The van der Waals surface area contributed by atoms with Gasteiger partial charge in [-0.2, -0.15) is 4.98 Å². The number of imidazole rings is 1. The van der Waals surface area contributed by atoms with Gasteiger partial charge in [0, 0.05) is 19.1 Å². The number of nitrogens with zero attached hydrogens (tertiary/aromatic N) is 5. The van der Waals surface area contributed by atoms with Crippen molar-refractivity contribution in [2.75, 3.05) is 19.6 Å². The van der Waals surface area contributed by atoms with Crippen molar-refractivity contribution >= 4 is 11.2 Å². The van der Waals surface area contributed by atoms with Gasteiger partial charge in [0.15, 0.2) is 11.2 Å². The molecule has 0 amide bonds. The highest BCUT2D eigenvalue weighted by Gasteiger charge is 2.18. The number of fused-ring (bicyclic) bond motifs is 1. The molecule has 0 atom stereocenters. The van der Waals surface area contributed by atoms with Crippen molar-refractivity contribution < 1.29 is 4.74 Å². The standard InChI is InChI=1S/C27H32N6O/c1-3-8-22(9-4-1)18-32-16-12-24(13-17-32)28-14-7-15-33-21-31-25-26(33)29-20-30-27(25)34-19-23-10-5-2-6-11-23/h1-6,8-11,20-21,24,28H,7,12-19H2. The maximum absolute atomic E-state index is 5.93. The molecule has 1 aliphatic rings. The van der Waals surface area contributed by atoms with Gasteiger partial charge in [0.25, 0.3) is 0 Å². The first-order valence-electron chi connectivity index (χ1n) is 12.2. The van der Waals surface area contributed by atoms with Gasteiger partial charge in [0.05, 0.1) is 6.33 Å². The Hall–Kier alpha value is -3.29. The summed E-state index contributed by atoms with van der Waals surface area (Å²) in [5.74, 6) is 0.535. The van der Waals surface area contributed by atoms with Crippen molar-refractivity contribution in [3.8, 4) is 5.88 Å². The average molecular weight is 457 g/mol. The van der Waals surface area contributed by atoms with Crippen LogP contribution in [0.15, 0.2) is 73.3 Å². The Bertz CT molecular complexity index is 1160. The number of aromatic nitrogens is 4. The van der Waals surface area contributed by atoms with Gasteiger partial charge in [-0.05, 0) is 50.0 Å². The fraction of sp³-hybridized carbons (Fsp3) is 0.370. The minimum Gasteiger partial charge on any atom is -0.471 e. The topological polar surface area (TPSA) is 68.1 Å². The van der Waals surface area contributed by atoms with E-state index in [-0.39, 0.29) is 0 Å². The van der Waals surface area contributed by atoms with Gasteiger partial charge in [-0.25, -0.2) is 9.97 Å². The summed E-state index contributed by atoms with van der Waals surface area (Å²) in [6.45, 7) is 5.69. The molecule has 0 unspecified atom stereocenters. The van der Waals surface area contributed by atoms with E-state index >= 15 is 0 Å². The van der Waals surface area contributed by atoms with Gasteiger partial charge >= 0.3 is 0 Å². The Labute approximate surface area is 200 Å². The van der Waals surface area contributed by atoms with Gasteiger partial charge in [-0.15, -0.1) is 0 Å². The molecule has 0 saturated carbocycles. The van der Waals surface area contributed by atoms with E-state index in [1.807, 2.05) is 36.7 Å². The fourth-order valence-electron chi connectivity index (χ4n) is 4.55. The second-order valence-electron chi connectivity index (χ2n) is 8.91. The third kappa shape index (κ3) is 5.79. The predicted molar refractivity (Wildman–Crippen MR) is 133 cm³/mol. The second-order valence-corrected chi connectivity index (χ2v) is 8.91. The summed E-state index contributed by atoms with van der Waals surface area (Å²) in [6.07, 6.45) is 6.84. The summed E-state index contributed by atoms with van der Waals surface area (Å²) < 4.78 is 8.02. The van der Waals surface area contributed by atoms with Crippen molar-refractivity contribution in [2.24, 2.45) is 0 Å². The first-order valence-corrected chi connectivity index (χ1v) is 12.2. The Morgan fingerprint density at radius 3 is 2.38 bits per heavy atom. The highest BCUT2D eigenvalue weighted by molar-refractivity contribution is 5.75. The van der Waals surface area contributed by atoms with E-state index in [4.69, 9.17) is 4.74 Å². The third-order valence-electron chi connectivity index (χ3n) is 6.43. The zero-order valence-corrected chi connectivity index (χ0v) is 19.5. The molecular formula is C27H32N6O. The molecule has 2 aromatic heterocycles. The first kappa shape index (κ1) is 22.5. The smallest absolute Gasteiger partial charge is 0.245 e. The number of aryl methyl sites for hydroxylation is 1. The number of piperidine rings is 1. The summed E-state index contributed by atoms with van der Waals surface area (Å²) in [5, 5.41) is 3.75. The second kappa shape index (κ2) is 11.2. The number of hydrogen-bond acceptors (Lipinski definition) is 6. The summed E-state index contributed by atoms with van der Waals surface area (Å²) in [6, 6.07) is 21.4. The van der Waals surface area contributed by atoms with E-state index in [0.717, 1.165) is 55.9 Å². The minimum absolute atomic E-state index is 0.466. The van der Waals surface area contributed by atoms with Crippen LogP contribution in [0.4, 0.5) is 0 Å². The highest BCUT2D eigenvalue weighted by Crippen LogP contribution is 2.21. The molecule has 7 heteroatoms. The van der Waals surface area contributed by atoms with Crippen molar-refractivity contribution in [3.05, 3.63) is 84.4 Å². The van der Waals surface area contributed by atoms with Crippen molar-refractivity contribution in [1.82, 2.24) is 29.7 Å². The van der Waals surface area contributed by atoms with Crippen LogP contribution in [0.1, 0.15) is 30.4 Å². The summed E-state index contributed by atoms with van der Waals surface area (Å²) in [4.78, 5) is 15.8. The molecule has 176 valence electrons. The largest absolute Gasteiger partial charge is 0.471 e. The van der Waals surface area contributed by atoms with Gasteiger partial charge in [0.1, 0.15) is 12.9 Å². The van der Waals surface area contributed by atoms with E-state index in [1.165, 1.54) is 18.4 Å². The zero-order valence-electron chi connectivity index (χ0n) is 19.5. The molecular weight excluding hydrogens is 424 g/mol. The molecule has 2 aromatic carbocycles. The van der Waals surface area contributed by atoms with Crippen LogP contribution in [-0.2, 0) is 19.7 Å². The van der Waals surface area contributed by atoms with Crippen molar-refractivity contribution in [1.29, 1.82) is 0 Å². The lowest BCUT2D eigenvalue weighted by Crippen LogP contribution is -2.42. The molecule has 4 aromatic rings. The number of ether oxygens (including phenoxy) is 1. The van der Waals surface area contributed by atoms with Crippen LogP contribution in [-0.4, -0.2) is 50.1 Å². The summed E-state index contributed by atoms with van der Waals surface area (Å²) in [7, 11) is 0. The van der Waals surface area contributed by atoms with E-state index in [0.29, 0.717) is 18.5 Å². The minimum atomic E-state index is 0.466. The molecule has 1 fully saturated rings. The van der Waals surface area contributed by atoms with Crippen LogP contribution >= 0.6 is 0 Å². The molecule has 1 N–H and O–H groups in total. The number of benzene rings is 2. The molecule has 7 nitrogen and oxygen atoms in total. The molecule has 34 heavy (non-hydrogen) atoms. The lowest BCUT2D eigenvalue weighted by atomic mass is 10.0. The molecule has 1 saturated heterocycles. The monoisotopic (exact) mass is 456 g/mol. The van der Waals surface area contributed by atoms with Gasteiger partial charge < -0.3 is 14.6 Å². The Balaban J connectivity index is 1.06. The molecule has 3 heterocycles. The molecule has 0 spiro atoms. The summed E-state index contributed by atoms with van der Waals surface area (Å²) >= 11 is 0. The molecule has 5 rings (SSSR count). The van der Waals surface area contributed by atoms with Crippen LogP contribution in [0.3, 0.4) is 0 Å². The van der Waals surface area contributed by atoms with Gasteiger partial charge in [0.2, 0.25) is 5.88 Å². The fourth-order valence-corrected chi connectivity index (χ4v) is 4.55. The normalized spacial score (nSPS) is 15.1.